The Bertz CT molecular complexity index is 1100. The van der Waals surface area contributed by atoms with Gasteiger partial charge in [0.15, 0.2) is 0 Å². The van der Waals surface area contributed by atoms with Gasteiger partial charge in [-0.25, -0.2) is 0 Å². The van der Waals surface area contributed by atoms with E-state index in [-0.39, 0.29) is 24.3 Å². The minimum absolute atomic E-state index is 0.153. The van der Waals surface area contributed by atoms with E-state index in [1.165, 1.54) is 4.90 Å². The largest absolute Gasteiger partial charge is 0.334 e. The number of halogens is 1. The molecule has 1 aromatic heterocycles. The number of para-hydroxylation sites is 1. The third-order valence-electron chi connectivity index (χ3n) is 5.14. The number of piperidine rings is 1. The first-order valence-corrected chi connectivity index (χ1v) is 10.2. The number of imide groups is 1. The highest BCUT2D eigenvalue weighted by atomic mass is 79.9. The molecule has 6 nitrogen and oxygen atoms in total. The van der Waals surface area contributed by atoms with Gasteiger partial charge in [0.2, 0.25) is 17.7 Å². The van der Waals surface area contributed by atoms with Crippen LogP contribution >= 0.6 is 15.9 Å². The molecule has 0 bridgehead atoms. The lowest BCUT2D eigenvalue weighted by Gasteiger charge is -2.25. The van der Waals surface area contributed by atoms with Gasteiger partial charge in [-0.2, -0.15) is 0 Å². The zero-order chi connectivity index (χ0) is 20.5. The number of hydrogen-bond donors (Lipinski definition) is 1. The van der Waals surface area contributed by atoms with Crippen molar-refractivity contribution in [3.8, 4) is 0 Å². The van der Waals surface area contributed by atoms with Crippen molar-refractivity contribution >= 4 is 55.9 Å². The fraction of sp³-hybridized carbons (Fsp3) is 0.227. The fourth-order valence-corrected chi connectivity index (χ4v) is 4.22. The molecule has 0 radical (unpaired) electrons. The summed E-state index contributed by atoms with van der Waals surface area (Å²) in [6, 6.07) is 14.7. The minimum atomic E-state index is -0.182. The number of nitrogens with one attached hydrogen (secondary N) is 1. The molecule has 1 fully saturated rings. The van der Waals surface area contributed by atoms with E-state index in [2.05, 4.69) is 21.2 Å². The van der Waals surface area contributed by atoms with Crippen LogP contribution in [-0.2, 0) is 20.9 Å². The van der Waals surface area contributed by atoms with Crippen LogP contribution in [0.4, 0.5) is 11.4 Å². The van der Waals surface area contributed by atoms with Gasteiger partial charge in [-0.05, 0) is 59.6 Å². The number of nitrogens with zero attached hydrogens (tertiary/aromatic N) is 2. The van der Waals surface area contributed by atoms with Crippen molar-refractivity contribution in [3.63, 3.8) is 0 Å². The molecule has 1 aliphatic rings. The quantitative estimate of drug-likeness (QED) is 0.595. The van der Waals surface area contributed by atoms with Crippen molar-refractivity contribution < 1.29 is 14.4 Å². The highest BCUT2D eigenvalue weighted by Gasteiger charge is 2.27. The molecule has 3 amide bonds. The van der Waals surface area contributed by atoms with E-state index in [0.717, 1.165) is 21.1 Å². The average Bonchev–Trinajstić information content (AvgIpc) is 2.94. The second-order valence-corrected chi connectivity index (χ2v) is 7.87. The predicted molar refractivity (Wildman–Crippen MR) is 116 cm³/mol. The third-order valence-corrected chi connectivity index (χ3v) is 6.15. The molecule has 4 rings (SSSR count). The number of hydrogen-bond acceptors (Lipinski definition) is 3. The predicted octanol–water partition coefficient (Wildman–Crippen LogP) is 4.39. The van der Waals surface area contributed by atoms with Gasteiger partial charge in [-0.1, -0.05) is 18.2 Å². The molecular formula is C22H20BrN3O3. The van der Waals surface area contributed by atoms with Gasteiger partial charge in [-0.15, -0.1) is 0 Å². The van der Waals surface area contributed by atoms with Gasteiger partial charge in [0.25, 0.3) is 0 Å². The highest BCUT2D eigenvalue weighted by molar-refractivity contribution is 9.10. The summed E-state index contributed by atoms with van der Waals surface area (Å²) in [6.45, 7) is 2.15. The van der Waals surface area contributed by atoms with Crippen LogP contribution in [0.5, 0.6) is 0 Å². The third kappa shape index (κ3) is 3.70. The van der Waals surface area contributed by atoms with Crippen LogP contribution in [0.15, 0.2) is 53.0 Å². The lowest BCUT2D eigenvalue weighted by atomic mass is 10.1. The smallest absolute Gasteiger partial charge is 0.244 e. The number of benzene rings is 2. The molecule has 0 aliphatic carbocycles. The van der Waals surface area contributed by atoms with Gasteiger partial charge in [0, 0.05) is 39.6 Å². The highest BCUT2D eigenvalue weighted by Crippen LogP contribution is 2.30. The number of rotatable bonds is 4. The molecule has 29 heavy (non-hydrogen) atoms. The summed E-state index contributed by atoms with van der Waals surface area (Å²) in [5, 5.41) is 3.95. The van der Waals surface area contributed by atoms with Crippen LogP contribution in [0.3, 0.4) is 0 Å². The zero-order valence-corrected chi connectivity index (χ0v) is 17.5. The maximum atomic E-state index is 12.6. The molecule has 1 aliphatic heterocycles. The van der Waals surface area contributed by atoms with E-state index >= 15 is 0 Å². The van der Waals surface area contributed by atoms with Crippen molar-refractivity contribution in [2.24, 2.45) is 0 Å². The number of carbonyl (C=O) groups is 3. The van der Waals surface area contributed by atoms with Gasteiger partial charge in [0.05, 0.1) is 5.69 Å². The first-order valence-electron chi connectivity index (χ1n) is 9.44. The first-order chi connectivity index (χ1) is 14.0. The molecule has 3 aromatic rings. The summed E-state index contributed by atoms with van der Waals surface area (Å²) in [7, 11) is 0. The Labute approximate surface area is 176 Å². The minimum Gasteiger partial charge on any atom is -0.334 e. The van der Waals surface area contributed by atoms with Crippen LogP contribution in [0.25, 0.3) is 10.9 Å². The average molecular weight is 454 g/mol. The number of aromatic nitrogens is 1. The SMILES string of the molecule is Cc1c(Br)c2ccccc2n1CC(=O)Nc1ccc(N2C(=O)CCCC2=O)cc1. The van der Waals surface area contributed by atoms with Crippen molar-refractivity contribution in [2.75, 3.05) is 10.2 Å². The van der Waals surface area contributed by atoms with Crippen LogP contribution in [0, 0.1) is 6.92 Å². The Morgan fingerprint density at radius 2 is 1.69 bits per heavy atom. The van der Waals surface area contributed by atoms with Crippen LogP contribution in [0.2, 0.25) is 0 Å². The van der Waals surface area contributed by atoms with E-state index in [4.69, 9.17) is 0 Å². The summed E-state index contributed by atoms with van der Waals surface area (Å²) in [6.07, 6.45) is 1.36. The van der Waals surface area contributed by atoms with Gasteiger partial charge < -0.3 is 9.88 Å². The summed E-state index contributed by atoms with van der Waals surface area (Å²) in [5.41, 5.74) is 3.13. The summed E-state index contributed by atoms with van der Waals surface area (Å²) < 4.78 is 2.95. The fourth-order valence-electron chi connectivity index (χ4n) is 3.67. The van der Waals surface area contributed by atoms with Crippen molar-refractivity contribution in [2.45, 2.75) is 32.7 Å². The maximum Gasteiger partial charge on any atom is 0.244 e. The Hall–Kier alpha value is -2.93. The Morgan fingerprint density at radius 3 is 2.38 bits per heavy atom. The monoisotopic (exact) mass is 453 g/mol. The lowest BCUT2D eigenvalue weighted by molar-refractivity contribution is -0.129. The van der Waals surface area contributed by atoms with Crippen molar-refractivity contribution in [3.05, 3.63) is 58.7 Å². The Balaban J connectivity index is 1.49. The molecule has 1 N–H and O–H groups in total. The lowest BCUT2D eigenvalue weighted by Crippen LogP contribution is -2.40. The van der Waals surface area contributed by atoms with E-state index in [1.54, 1.807) is 24.3 Å². The molecule has 0 spiro atoms. The summed E-state index contributed by atoms with van der Waals surface area (Å²) in [5.74, 6) is -0.517. The first kappa shape index (κ1) is 19.4. The van der Waals surface area contributed by atoms with Gasteiger partial charge >= 0.3 is 0 Å². The number of carbonyl (C=O) groups excluding carboxylic acids is 3. The van der Waals surface area contributed by atoms with E-state index in [9.17, 15) is 14.4 Å². The molecular weight excluding hydrogens is 434 g/mol. The number of anilines is 2. The topological polar surface area (TPSA) is 71.4 Å². The van der Waals surface area contributed by atoms with Crippen LogP contribution < -0.4 is 10.2 Å². The molecule has 2 aromatic carbocycles. The van der Waals surface area contributed by atoms with Gasteiger partial charge in [-0.3, -0.25) is 19.3 Å². The molecule has 148 valence electrons. The van der Waals surface area contributed by atoms with Crippen LogP contribution in [-0.4, -0.2) is 22.3 Å². The molecule has 1 saturated heterocycles. The number of amides is 3. The molecule has 7 heteroatoms. The van der Waals surface area contributed by atoms with E-state index in [1.807, 2.05) is 35.8 Å². The molecule has 0 unspecified atom stereocenters. The normalized spacial score (nSPS) is 14.5. The zero-order valence-electron chi connectivity index (χ0n) is 15.9. The number of fused-ring (bicyclic) bond motifs is 1. The van der Waals surface area contributed by atoms with Crippen LogP contribution in [0.1, 0.15) is 25.0 Å². The second kappa shape index (κ2) is 7.83. The van der Waals surface area contributed by atoms with E-state index < -0.39 is 0 Å². The maximum absolute atomic E-state index is 12.6. The Kier molecular flexibility index (Phi) is 5.24. The summed E-state index contributed by atoms with van der Waals surface area (Å²) >= 11 is 3.60. The standard InChI is InChI=1S/C22H20BrN3O3/c1-14-22(23)17-5-2-3-6-18(17)25(14)13-19(27)24-15-9-11-16(12-10-15)26-20(28)7-4-8-21(26)29/h2-3,5-6,9-12H,4,7-8,13H2,1H3,(H,24,27). The molecule has 0 atom stereocenters. The molecule has 0 saturated carbocycles. The van der Waals surface area contributed by atoms with Gasteiger partial charge in [0.1, 0.15) is 6.54 Å². The van der Waals surface area contributed by atoms with Crippen molar-refractivity contribution in [1.82, 2.24) is 4.57 Å². The van der Waals surface area contributed by atoms with Crippen molar-refractivity contribution in [1.29, 1.82) is 0 Å². The second-order valence-electron chi connectivity index (χ2n) is 7.07. The molecule has 2 heterocycles. The van der Waals surface area contributed by atoms with E-state index in [0.29, 0.717) is 30.6 Å². The Morgan fingerprint density at radius 1 is 1.03 bits per heavy atom. The summed E-state index contributed by atoms with van der Waals surface area (Å²) in [4.78, 5) is 37.9.